The van der Waals surface area contributed by atoms with E-state index in [0.717, 1.165) is 48.3 Å². The summed E-state index contributed by atoms with van der Waals surface area (Å²) in [6, 6.07) is 15.2. The van der Waals surface area contributed by atoms with Crippen molar-refractivity contribution in [2.45, 2.75) is 38.3 Å². The number of hydrogen-bond donors (Lipinski definition) is 0. The molecule has 0 aliphatic carbocycles. The molecule has 0 aromatic heterocycles. The highest BCUT2D eigenvalue weighted by Crippen LogP contribution is 2.36. The maximum Gasteiger partial charge on any atom is 0.141 e. The Morgan fingerprint density at radius 3 is 1.38 bits per heavy atom. The zero-order chi connectivity index (χ0) is 23.7. The standard InChI is InChI=1S/C26H22Cl4O4/c27-19-5-17(7-21-13-31-21)25(23(29)9-19)33-11-15-1-2-16(4-3-15)12-34-26-18(8-22-14-32-22)6-20(28)10-24(26)30/h1-6,9-10,21-22H,7-8,11-14H2. The Bertz CT molecular complexity index is 1080. The minimum absolute atomic E-state index is 0.211. The molecule has 34 heavy (non-hydrogen) atoms. The Labute approximate surface area is 218 Å². The van der Waals surface area contributed by atoms with E-state index in [9.17, 15) is 0 Å². The molecular weight excluding hydrogens is 518 g/mol. The first-order valence-corrected chi connectivity index (χ1v) is 12.5. The first-order valence-electron chi connectivity index (χ1n) is 11.0. The van der Waals surface area contributed by atoms with Crippen molar-refractivity contribution in [1.29, 1.82) is 0 Å². The fraction of sp³-hybridized carbons (Fsp3) is 0.308. The summed E-state index contributed by atoms with van der Waals surface area (Å²) < 4.78 is 22.8. The van der Waals surface area contributed by atoms with Crippen LogP contribution in [-0.4, -0.2) is 25.4 Å². The van der Waals surface area contributed by atoms with Gasteiger partial charge in [-0.1, -0.05) is 70.7 Å². The van der Waals surface area contributed by atoms with Crippen molar-refractivity contribution in [3.63, 3.8) is 0 Å². The lowest BCUT2D eigenvalue weighted by Gasteiger charge is -2.15. The number of halogens is 4. The smallest absolute Gasteiger partial charge is 0.141 e. The van der Waals surface area contributed by atoms with E-state index in [0.29, 0.717) is 44.8 Å². The molecule has 2 saturated heterocycles. The zero-order valence-corrected chi connectivity index (χ0v) is 21.2. The monoisotopic (exact) mass is 538 g/mol. The lowest BCUT2D eigenvalue weighted by molar-refractivity contribution is 0.298. The Kier molecular flexibility index (Phi) is 7.45. The molecule has 3 aromatic rings. The lowest BCUT2D eigenvalue weighted by atomic mass is 10.1. The molecule has 4 nitrogen and oxygen atoms in total. The summed E-state index contributed by atoms with van der Waals surface area (Å²) in [5, 5.41) is 2.18. The van der Waals surface area contributed by atoms with Crippen LogP contribution in [0, 0.1) is 0 Å². The maximum absolute atomic E-state index is 6.41. The average molecular weight is 540 g/mol. The molecule has 2 aliphatic heterocycles. The number of hydrogen-bond acceptors (Lipinski definition) is 4. The first kappa shape index (κ1) is 24.1. The summed E-state index contributed by atoms with van der Waals surface area (Å²) in [5.74, 6) is 1.30. The van der Waals surface area contributed by atoms with Crippen molar-refractivity contribution >= 4 is 46.4 Å². The quantitative estimate of drug-likeness (QED) is 0.253. The summed E-state index contributed by atoms with van der Waals surface area (Å²) in [5.41, 5.74) is 3.94. The molecule has 0 spiro atoms. The van der Waals surface area contributed by atoms with Crippen LogP contribution >= 0.6 is 46.4 Å². The van der Waals surface area contributed by atoms with E-state index < -0.39 is 0 Å². The SMILES string of the molecule is Clc1cc(Cl)c(OCc2ccc(COc3c(Cl)cc(Cl)cc3CC3CO3)cc2)c(CC2CO2)c1. The van der Waals surface area contributed by atoms with Crippen molar-refractivity contribution in [3.8, 4) is 11.5 Å². The van der Waals surface area contributed by atoms with E-state index in [2.05, 4.69) is 0 Å². The van der Waals surface area contributed by atoms with Gasteiger partial charge >= 0.3 is 0 Å². The zero-order valence-electron chi connectivity index (χ0n) is 18.2. The van der Waals surface area contributed by atoms with Crippen LogP contribution in [-0.2, 0) is 35.5 Å². The van der Waals surface area contributed by atoms with Gasteiger partial charge in [0.1, 0.15) is 24.7 Å². The molecule has 2 heterocycles. The second-order valence-electron chi connectivity index (χ2n) is 8.46. The predicted octanol–water partition coefficient (Wildman–Crippen LogP) is 7.34. The molecule has 0 saturated carbocycles. The molecule has 2 unspecified atom stereocenters. The second-order valence-corrected chi connectivity index (χ2v) is 10.2. The minimum atomic E-state index is 0.211. The van der Waals surface area contributed by atoms with Crippen LogP contribution in [0.15, 0.2) is 48.5 Å². The van der Waals surface area contributed by atoms with Gasteiger partial charge < -0.3 is 18.9 Å². The Morgan fingerprint density at radius 2 is 1.03 bits per heavy atom. The normalized spacial score (nSPS) is 18.6. The van der Waals surface area contributed by atoms with Crippen LogP contribution in [0.4, 0.5) is 0 Å². The van der Waals surface area contributed by atoms with Crippen molar-refractivity contribution in [2.75, 3.05) is 13.2 Å². The summed E-state index contributed by atoms with van der Waals surface area (Å²) in [6.45, 7) is 2.28. The number of benzene rings is 3. The maximum atomic E-state index is 6.41. The Morgan fingerprint density at radius 1 is 0.647 bits per heavy atom. The fourth-order valence-corrected chi connectivity index (χ4v) is 4.94. The third-order valence-corrected chi connectivity index (χ3v) is 6.66. The van der Waals surface area contributed by atoms with Crippen molar-refractivity contribution in [1.82, 2.24) is 0 Å². The van der Waals surface area contributed by atoms with Gasteiger partial charge in [0.25, 0.3) is 0 Å². The highest BCUT2D eigenvalue weighted by molar-refractivity contribution is 6.36. The predicted molar refractivity (Wildman–Crippen MR) is 135 cm³/mol. The van der Waals surface area contributed by atoms with Gasteiger partial charge in [0.05, 0.1) is 35.5 Å². The van der Waals surface area contributed by atoms with Gasteiger partial charge in [-0.05, 0) is 46.5 Å². The van der Waals surface area contributed by atoms with Crippen LogP contribution in [0.5, 0.6) is 11.5 Å². The number of epoxide rings is 2. The third kappa shape index (κ3) is 6.31. The van der Waals surface area contributed by atoms with Crippen molar-refractivity contribution < 1.29 is 18.9 Å². The highest BCUT2D eigenvalue weighted by Gasteiger charge is 2.26. The van der Waals surface area contributed by atoms with E-state index in [4.69, 9.17) is 65.4 Å². The third-order valence-electron chi connectivity index (χ3n) is 5.66. The molecule has 2 aliphatic rings. The topological polar surface area (TPSA) is 43.5 Å². The van der Waals surface area contributed by atoms with E-state index in [1.807, 2.05) is 36.4 Å². The molecule has 3 aromatic carbocycles. The molecule has 8 heteroatoms. The van der Waals surface area contributed by atoms with Crippen molar-refractivity contribution in [2.24, 2.45) is 0 Å². The largest absolute Gasteiger partial charge is 0.487 e. The van der Waals surface area contributed by atoms with Gasteiger partial charge in [-0.3, -0.25) is 0 Å². The summed E-state index contributed by atoms with van der Waals surface area (Å²) in [4.78, 5) is 0. The Balaban J connectivity index is 1.22. The van der Waals surface area contributed by atoms with Gasteiger partial charge in [0.2, 0.25) is 0 Å². The van der Waals surface area contributed by atoms with Crippen molar-refractivity contribution in [3.05, 3.63) is 90.9 Å². The van der Waals surface area contributed by atoms with E-state index in [-0.39, 0.29) is 12.2 Å². The summed E-state index contributed by atoms with van der Waals surface area (Å²) >= 11 is 25.2. The van der Waals surface area contributed by atoms with Gasteiger partial charge in [-0.2, -0.15) is 0 Å². The van der Waals surface area contributed by atoms with Gasteiger partial charge in [-0.15, -0.1) is 0 Å². The first-order chi connectivity index (χ1) is 16.4. The van der Waals surface area contributed by atoms with Crippen LogP contribution in [0.25, 0.3) is 0 Å². The Hall–Kier alpha value is -1.66. The molecule has 2 fully saturated rings. The van der Waals surface area contributed by atoms with Gasteiger partial charge in [0, 0.05) is 22.9 Å². The number of ether oxygens (including phenoxy) is 4. The summed E-state index contributed by atoms with van der Waals surface area (Å²) in [7, 11) is 0. The fourth-order valence-electron chi connectivity index (χ4n) is 3.76. The highest BCUT2D eigenvalue weighted by atomic mass is 35.5. The lowest BCUT2D eigenvalue weighted by Crippen LogP contribution is -2.04. The van der Waals surface area contributed by atoms with E-state index >= 15 is 0 Å². The average Bonchev–Trinajstić information content (AvgIpc) is 3.71. The van der Waals surface area contributed by atoms with Crippen LogP contribution in [0.3, 0.4) is 0 Å². The van der Waals surface area contributed by atoms with E-state index in [1.54, 1.807) is 12.1 Å². The summed E-state index contributed by atoms with van der Waals surface area (Å²) in [6.07, 6.45) is 1.88. The van der Waals surface area contributed by atoms with Crippen LogP contribution in [0.1, 0.15) is 22.3 Å². The molecule has 2 atom stereocenters. The van der Waals surface area contributed by atoms with Crippen LogP contribution in [0.2, 0.25) is 20.1 Å². The van der Waals surface area contributed by atoms with Gasteiger partial charge in [0.15, 0.2) is 0 Å². The minimum Gasteiger partial charge on any atom is -0.487 e. The molecule has 0 radical (unpaired) electrons. The van der Waals surface area contributed by atoms with E-state index in [1.165, 1.54) is 0 Å². The molecule has 178 valence electrons. The molecule has 0 amide bonds. The van der Waals surface area contributed by atoms with Crippen LogP contribution < -0.4 is 9.47 Å². The number of rotatable bonds is 10. The molecular formula is C26H22Cl4O4. The molecule has 0 N–H and O–H groups in total. The van der Waals surface area contributed by atoms with Gasteiger partial charge in [-0.25, -0.2) is 0 Å². The molecule has 0 bridgehead atoms. The molecule has 5 rings (SSSR count). The second kappa shape index (κ2) is 10.5.